The first-order valence-corrected chi connectivity index (χ1v) is 7.63. The number of rotatable bonds is 3. The van der Waals surface area contributed by atoms with E-state index in [0.29, 0.717) is 17.6 Å². The van der Waals surface area contributed by atoms with E-state index >= 15 is 0 Å². The zero-order valence-electron chi connectivity index (χ0n) is 11.6. The quantitative estimate of drug-likeness (QED) is 0.909. The number of nitrogens with zero attached hydrogens (tertiary/aromatic N) is 2. The summed E-state index contributed by atoms with van der Waals surface area (Å²) >= 11 is 1.73. The maximum atomic E-state index is 10.8. The highest BCUT2D eigenvalue weighted by molar-refractivity contribution is 7.19. The summed E-state index contributed by atoms with van der Waals surface area (Å²) in [7, 11) is 0. The van der Waals surface area contributed by atoms with E-state index in [0.717, 1.165) is 16.6 Å². The molecule has 0 amide bonds. The van der Waals surface area contributed by atoms with E-state index < -0.39 is 5.97 Å². The van der Waals surface area contributed by atoms with Crippen LogP contribution in [0, 0.1) is 6.92 Å². The summed E-state index contributed by atoms with van der Waals surface area (Å²) in [5.74, 6) is 0.952. The van der Waals surface area contributed by atoms with Gasteiger partial charge in [0.2, 0.25) is 0 Å². The molecule has 1 atom stereocenters. The fraction of sp³-hybridized carbons (Fsp3) is 0.500. The van der Waals surface area contributed by atoms with Gasteiger partial charge >= 0.3 is 5.97 Å². The van der Waals surface area contributed by atoms with Gasteiger partial charge in [0.05, 0.1) is 5.39 Å². The molecular formula is C14H17N3O2S. The Morgan fingerprint density at radius 2 is 2.30 bits per heavy atom. The second kappa shape index (κ2) is 5.01. The largest absolute Gasteiger partial charge is 0.480 e. The van der Waals surface area contributed by atoms with E-state index in [4.69, 9.17) is 5.11 Å². The molecule has 20 heavy (non-hydrogen) atoms. The zero-order chi connectivity index (χ0) is 14.3. The van der Waals surface area contributed by atoms with Gasteiger partial charge in [-0.15, -0.1) is 11.3 Å². The number of aromatic nitrogens is 2. The number of nitrogens with one attached hydrogen (secondary N) is 1. The van der Waals surface area contributed by atoms with Crippen LogP contribution in [0.1, 0.15) is 41.9 Å². The van der Waals surface area contributed by atoms with Crippen molar-refractivity contribution in [1.29, 1.82) is 0 Å². The van der Waals surface area contributed by atoms with E-state index in [1.165, 1.54) is 23.3 Å². The van der Waals surface area contributed by atoms with Crippen molar-refractivity contribution in [1.82, 2.24) is 9.97 Å². The van der Waals surface area contributed by atoms with Gasteiger partial charge in [-0.25, -0.2) is 9.97 Å². The summed E-state index contributed by atoms with van der Waals surface area (Å²) in [5.41, 5.74) is 1.32. The van der Waals surface area contributed by atoms with Gasteiger partial charge in [-0.3, -0.25) is 4.79 Å². The molecule has 2 aromatic rings. The van der Waals surface area contributed by atoms with Crippen molar-refractivity contribution in [2.24, 2.45) is 0 Å². The third kappa shape index (κ3) is 2.24. The first-order valence-electron chi connectivity index (χ1n) is 6.82. The number of thiophene rings is 1. The Balaban J connectivity index is 2.17. The van der Waals surface area contributed by atoms with Crippen molar-refractivity contribution >= 4 is 33.3 Å². The van der Waals surface area contributed by atoms with Gasteiger partial charge < -0.3 is 10.4 Å². The first kappa shape index (κ1) is 13.3. The maximum absolute atomic E-state index is 10.8. The second-order valence-corrected chi connectivity index (χ2v) is 6.36. The molecular weight excluding hydrogens is 274 g/mol. The summed E-state index contributed by atoms with van der Waals surface area (Å²) in [6.07, 6.45) is 3.48. The Morgan fingerprint density at radius 3 is 3.05 bits per heavy atom. The Labute approximate surface area is 121 Å². The van der Waals surface area contributed by atoms with Crippen molar-refractivity contribution in [3.8, 4) is 0 Å². The Bertz CT molecular complexity index is 681. The third-order valence-corrected chi connectivity index (χ3v) is 4.88. The van der Waals surface area contributed by atoms with Crippen LogP contribution in [0.25, 0.3) is 10.2 Å². The lowest BCUT2D eigenvalue weighted by atomic mass is 9.87. The molecule has 1 aliphatic rings. The number of fused-ring (bicyclic) bond motifs is 3. The Morgan fingerprint density at radius 1 is 1.50 bits per heavy atom. The molecule has 0 bridgehead atoms. The highest BCUT2D eigenvalue weighted by Gasteiger charge is 2.25. The topological polar surface area (TPSA) is 75.1 Å². The summed E-state index contributed by atoms with van der Waals surface area (Å²) < 4.78 is 0. The second-order valence-electron chi connectivity index (χ2n) is 5.28. The number of carbonyl (C=O) groups is 1. The van der Waals surface area contributed by atoms with Crippen LogP contribution in [0.2, 0.25) is 0 Å². The lowest BCUT2D eigenvalue weighted by Gasteiger charge is -2.19. The lowest BCUT2D eigenvalue weighted by molar-refractivity contribution is -0.134. The van der Waals surface area contributed by atoms with Crippen molar-refractivity contribution in [3.05, 3.63) is 16.3 Å². The molecule has 1 aliphatic carbocycles. The van der Waals surface area contributed by atoms with Crippen LogP contribution >= 0.6 is 11.3 Å². The smallest absolute Gasteiger partial charge is 0.322 e. The molecule has 1 unspecified atom stereocenters. The van der Waals surface area contributed by atoms with Crippen LogP contribution in [-0.2, 0) is 11.2 Å². The fourth-order valence-electron chi connectivity index (χ4n) is 2.88. The number of carboxylic acid groups (broad SMARTS) is 1. The average Bonchev–Trinajstić information content (AvgIpc) is 2.75. The van der Waals surface area contributed by atoms with E-state index in [1.807, 2.05) is 6.92 Å². The molecule has 5 nitrogen and oxygen atoms in total. The minimum Gasteiger partial charge on any atom is -0.480 e. The van der Waals surface area contributed by atoms with Gasteiger partial charge in [0.1, 0.15) is 23.0 Å². The molecule has 0 spiro atoms. The van der Waals surface area contributed by atoms with Crippen molar-refractivity contribution in [2.75, 3.05) is 11.9 Å². The molecule has 106 valence electrons. The zero-order valence-corrected chi connectivity index (χ0v) is 12.4. The van der Waals surface area contributed by atoms with Crippen molar-refractivity contribution in [2.45, 2.75) is 39.0 Å². The average molecular weight is 291 g/mol. The molecule has 2 aromatic heterocycles. The predicted molar refractivity (Wildman–Crippen MR) is 79.6 cm³/mol. The highest BCUT2D eigenvalue weighted by atomic mass is 32.1. The lowest BCUT2D eigenvalue weighted by Crippen LogP contribution is -2.14. The Hall–Kier alpha value is -1.69. The van der Waals surface area contributed by atoms with E-state index in [-0.39, 0.29) is 6.54 Å². The summed E-state index contributed by atoms with van der Waals surface area (Å²) in [6, 6.07) is 0. The highest BCUT2D eigenvalue weighted by Crippen LogP contribution is 2.43. The monoisotopic (exact) mass is 291 g/mol. The normalized spacial score (nSPS) is 18.0. The standard InChI is InChI=1S/C14H17N3O2S/c1-7-4-3-5-9-11(7)12-13(15-6-10(18)19)16-8(2)17-14(12)20-9/h7H,3-6H2,1-2H3,(H,18,19)(H,15,16,17). The molecule has 2 heterocycles. The van der Waals surface area contributed by atoms with Crippen LogP contribution in [0.15, 0.2) is 0 Å². The van der Waals surface area contributed by atoms with Gasteiger partial charge in [0.15, 0.2) is 0 Å². The third-order valence-electron chi connectivity index (χ3n) is 3.72. The van der Waals surface area contributed by atoms with Crippen molar-refractivity contribution < 1.29 is 9.90 Å². The molecule has 0 radical (unpaired) electrons. The van der Waals surface area contributed by atoms with Crippen LogP contribution in [0.4, 0.5) is 5.82 Å². The van der Waals surface area contributed by atoms with E-state index in [9.17, 15) is 4.79 Å². The molecule has 6 heteroatoms. The first-order chi connectivity index (χ1) is 9.56. The van der Waals surface area contributed by atoms with Crippen LogP contribution < -0.4 is 5.32 Å². The molecule has 0 aromatic carbocycles. The van der Waals surface area contributed by atoms with Gasteiger partial charge in [-0.05, 0) is 37.7 Å². The predicted octanol–water partition coefficient (Wildman–Crippen LogP) is 2.94. The molecule has 0 saturated heterocycles. The summed E-state index contributed by atoms with van der Waals surface area (Å²) in [4.78, 5) is 22.1. The number of hydrogen-bond donors (Lipinski definition) is 2. The summed E-state index contributed by atoms with van der Waals surface area (Å²) in [6.45, 7) is 3.95. The van der Waals surface area contributed by atoms with Gasteiger partial charge in [0.25, 0.3) is 0 Å². The van der Waals surface area contributed by atoms with Gasteiger partial charge in [0, 0.05) is 4.88 Å². The van der Waals surface area contributed by atoms with Gasteiger partial charge in [-0.2, -0.15) is 0 Å². The number of aliphatic carboxylic acids is 1. The molecule has 3 rings (SSSR count). The summed E-state index contributed by atoms with van der Waals surface area (Å²) in [5, 5.41) is 12.8. The van der Waals surface area contributed by atoms with Crippen molar-refractivity contribution in [3.63, 3.8) is 0 Å². The van der Waals surface area contributed by atoms with Crippen LogP contribution in [0.5, 0.6) is 0 Å². The van der Waals surface area contributed by atoms with E-state index in [2.05, 4.69) is 22.2 Å². The number of anilines is 1. The fourth-order valence-corrected chi connectivity index (χ4v) is 4.26. The van der Waals surface area contributed by atoms with Crippen LogP contribution in [-0.4, -0.2) is 27.6 Å². The molecule has 0 aliphatic heterocycles. The number of carboxylic acids is 1. The molecule has 2 N–H and O–H groups in total. The molecule has 0 saturated carbocycles. The maximum Gasteiger partial charge on any atom is 0.322 e. The van der Waals surface area contributed by atoms with Crippen LogP contribution in [0.3, 0.4) is 0 Å². The number of hydrogen-bond acceptors (Lipinski definition) is 5. The van der Waals surface area contributed by atoms with Gasteiger partial charge in [-0.1, -0.05) is 6.92 Å². The van der Waals surface area contributed by atoms with E-state index in [1.54, 1.807) is 11.3 Å². The number of aryl methyl sites for hydroxylation is 2. The SMILES string of the molecule is Cc1nc(NCC(=O)O)c2c3c(sc2n1)CCCC3C. The molecule has 0 fully saturated rings. The Kier molecular flexibility index (Phi) is 3.33. The minimum absolute atomic E-state index is 0.120. The minimum atomic E-state index is -0.883.